The van der Waals surface area contributed by atoms with Crippen LogP contribution in [0.1, 0.15) is 11.1 Å². The van der Waals surface area contributed by atoms with Crippen LogP contribution in [0.4, 0.5) is 11.4 Å². The number of hydrogen-bond acceptors (Lipinski definition) is 2. The van der Waals surface area contributed by atoms with E-state index >= 15 is 0 Å². The molecule has 0 heterocycles. The Balaban J connectivity index is 0.000000778. The fourth-order valence-corrected chi connectivity index (χ4v) is 3.48. The zero-order valence-electron chi connectivity index (χ0n) is 15.8. The molecule has 0 unspecified atom stereocenters. The third-order valence-corrected chi connectivity index (χ3v) is 4.63. The molecule has 0 aliphatic heterocycles. The third-order valence-electron chi connectivity index (χ3n) is 4.63. The molecule has 4 aromatic carbocycles. The maximum Gasteiger partial charge on any atom is 0.0978 e. The molecule has 0 amide bonds. The van der Waals surface area contributed by atoms with Gasteiger partial charge in [0, 0.05) is 16.5 Å². The molecule has 1 aliphatic carbocycles. The van der Waals surface area contributed by atoms with E-state index in [-0.39, 0.29) is 7.43 Å². The first-order valence-corrected chi connectivity index (χ1v) is 10.2. The van der Waals surface area contributed by atoms with Crippen LogP contribution < -0.4 is 0 Å². The molecule has 4 aromatic rings. The average Bonchev–Trinajstić information content (AvgIpc) is 3.06. The Bertz CT molecular complexity index is 1080. The molecule has 29 heavy (non-hydrogen) atoms. The first-order valence-electron chi connectivity index (χ1n) is 8.82. The van der Waals surface area contributed by atoms with E-state index in [1.165, 1.54) is 10.8 Å². The number of aliphatic imine (C=N–C) groups is 2. The Morgan fingerprint density at radius 1 is 0.517 bits per heavy atom. The van der Waals surface area contributed by atoms with Crippen LogP contribution in [0.5, 0.6) is 0 Å². The molecular formula is C25H19ClN2Ni-. The number of nitrogens with zero attached hydrogens (tertiary/aromatic N) is 2. The number of hydrogen-bond donors (Lipinski definition) is 0. The molecule has 1 aliphatic rings. The number of para-hydroxylation sites is 2. The van der Waals surface area contributed by atoms with Crippen LogP contribution in [0, 0.1) is 7.43 Å². The molecule has 0 saturated heterocycles. The molecule has 5 rings (SSSR count). The molecular weight excluding hydrogens is 422 g/mol. The van der Waals surface area contributed by atoms with Gasteiger partial charge < -0.3 is 7.43 Å². The molecule has 147 valence electrons. The molecule has 0 aromatic heterocycles. The Labute approximate surface area is 183 Å². The summed E-state index contributed by atoms with van der Waals surface area (Å²) >= 11 is 3.35. The van der Waals surface area contributed by atoms with E-state index < -0.39 is 0 Å². The van der Waals surface area contributed by atoms with E-state index in [2.05, 4.69) is 61.2 Å². The average molecular weight is 442 g/mol. The van der Waals surface area contributed by atoms with Crippen LogP contribution in [0.15, 0.2) is 107 Å². The molecule has 0 saturated carbocycles. The van der Waals surface area contributed by atoms with Crippen LogP contribution in [0.25, 0.3) is 10.8 Å². The van der Waals surface area contributed by atoms with Gasteiger partial charge in [0.15, 0.2) is 0 Å². The first kappa shape index (κ1) is 21.0. The fourth-order valence-electron chi connectivity index (χ4n) is 3.48. The van der Waals surface area contributed by atoms with Gasteiger partial charge in [0.2, 0.25) is 0 Å². The fraction of sp³-hybridized carbons (Fsp3) is 0. The Kier molecular flexibility index (Phi) is 6.98. The molecule has 0 spiro atoms. The van der Waals surface area contributed by atoms with Crippen molar-refractivity contribution in [3.63, 3.8) is 0 Å². The zero-order chi connectivity index (χ0) is 19.3. The summed E-state index contributed by atoms with van der Waals surface area (Å²) in [6, 6.07) is 32.9. The summed E-state index contributed by atoms with van der Waals surface area (Å²) in [4.78, 5) is 9.92. The van der Waals surface area contributed by atoms with Crippen molar-refractivity contribution in [1.82, 2.24) is 0 Å². The predicted octanol–water partition coefficient (Wildman–Crippen LogP) is 7.23. The van der Waals surface area contributed by atoms with Crippen molar-refractivity contribution in [2.45, 2.75) is 0 Å². The van der Waals surface area contributed by atoms with Crippen molar-refractivity contribution < 1.29 is 14.6 Å². The second-order valence-corrected chi connectivity index (χ2v) is 6.30. The van der Waals surface area contributed by atoms with E-state index in [1.54, 1.807) is 0 Å². The van der Waals surface area contributed by atoms with E-state index in [9.17, 15) is 0 Å². The maximum atomic E-state index is 4.96. The minimum atomic E-state index is 0. The smallest absolute Gasteiger partial charge is 0.0978 e. The van der Waals surface area contributed by atoms with Gasteiger partial charge in [0.1, 0.15) is 0 Å². The summed E-state index contributed by atoms with van der Waals surface area (Å²) < 4.78 is 0. The standard InChI is InChI=1S/C24H16N2.CH3.ClH.Ni/c1-3-11-18(12-4-1)25-23-20-15-7-9-17-10-8-16-21(22(17)20)24(23)26-19-13-5-2-6-14-19;;;/h1-16H;1H3;1H;/q;-1;;+1/p-1. The number of halogens is 1. The van der Waals surface area contributed by atoms with Gasteiger partial charge >= 0.3 is 24.8 Å². The Morgan fingerprint density at radius 2 is 0.931 bits per heavy atom. The Morgan fingerprint density at radius 3 is 1.34 bits per heavy atom. The summed E-state index contributed by atoms with van der Waals surface area (Å²) in [5, 5.41) is 2.46. The van der Waals surface area contributed by atoms with Crippen molar-refractivity contribution in [2.75, 3.05) is 0 Å². The summed E-state index contributed by atoms with van der Waals surface area (Å²) in [6.07, 6.45) is 0. The van der Waals surface area contributed by atoms with Gasteiger partial charge in [-0.25, -0.2) is 9.98 Å². The second kappa shape index (κ2) is 9.65. The van der Waals surface area contributed by atoms with Gasteiger partial charge in [-0.3, -0.25) is 0 Å². The number of rotatable bonds is 2. The molecule has 4 heteroatoms. The minimum absolute atomic E-state index is 0. The van der Waals surface area contributed by atoms with Crippen molar-refractivity contribution in [3.8, 4) is 0 Å². The predicted molar refractivity (Wildman–Crippen MR) is 121 cm³/mol. The van der Waals surface area contributed by atoms with Gasteiger partial charge in [0.25, 0.3) is 0 Å². The summed E-state index contributed by atoms with van der Waals surface area (Å²) in [7, 11) is 4.26. The molecule has 0 bridgehead atoms. The van der Waals surface area contributed by atoms with Crippen LogP contribution in [0.3, 0.4) is 0 Å². The van der Waals surface area contributed by atoms with Crippen LogP contribution in [-0.2, 0) is 14.6 Å². The minimum Gasteiger partial charge on any atom is -0.246 e. The molecule has 2 nitrogen and oxygen atoms in total. The maximum absolute atomic E-state index is 4.96. The van der Waals surface area contributed by atoms with Gasteiger partial charge in [-0.1, -0.05) is 72.8 Å². The van der Waals surface area contributed by atoms with Crippen molar-refractivity contribution in [2.24, 2.45) is 9.98 Å². The van der Waals surface area contributed by atoms with E-state index in [0.717, 1.165) is 33.9 Å². The van der Waals surface area contributed by atoms with Crippen LogP contribution in [-0.4, -0.2) is 11.4 Å². The SMILES string of the molecule is [CH3-].[Cl][Ni].c1ccc(N=C2C(=Nc3ccccc3)c3cccc4cccc2c34)cc1. The quantitative estimate of drug-likeness (QED) is 0.231. The molecule has 0 N–H and O–H groups in total. The van der Waals surface area contributed by atoms with Crippen molar-refractivity contribution in [3.05, 3.63) is 116 Å². The van der Waals surface area contributed by atoms with E-state index in [0.29, 0.717) is 0 Å². The van der Waals surface area contributed by atoms with Crippen molar-refractivity contribution >= 4 is 43.8 Å². The molecule has 0 fully saturated rings. The third kappa shape index (κ3) is 4.17. The summed E-state index contributed by atoms with van der Waals surface area (Å²) in [6.45, 7) is 0. The van der Waals surface area contributed by atoms with E-state index in [1.807, 2.05) is 60.7 Å². The van der Waals surface area contributed by atoms with Gasteiger partial charge in [-0.05, 0) is 29.7 Å². The normalized spacial score (nSPS) is 14.4. The van der Waals surface area contributed by atoms with Gasteiger partial charge in [-0.15, -0.1) is 0 Å². The number of benzene rings is 4. The first-order chi connectivity index (χ1) is 13.9. The van der Waals surface area contributed by atoms with Crippen LogP contribution in [0.2, 0.25) is 0 Å². The zero-order valence-corrected chi connectivity index (χ0v) is 17.6. The monoisotopic (exact) mass is 440 g/mol. The summed E-state index contributed by atoms with van der Waals surface area (Å²) in [5.74, 6) is 0. The largest absolute Gasteiger partial charge is 0.246 e. The van der Waals surface area contributed by atoms with Crippen LogP contribution >= 0.6 is 10.2 Å². The Hall–Kier alpha value is -2.74. The topological polar surface area (TPSA) is 24.7 Å². The van der Waals surface area contributed by atoms with Gasteiger partial charge in [0.05, 0.1) is 22.8 Å². The summed E-state index contributed by atoms with van der Waals surface area (Å²) in [5.41, 5.74) is 6.05. The van der Waals surface area contributed by atoms with Gasteiger partial charge in [-0.2, -0.15) is 0 Å². The van der Waals surface area contributed by atoms with Crippen molar-refractivity contribution in [1.29, 1.82) is 0 Å². The molecule has 0 radical (unpaired) electrons. The second-order valence-electron chi connectivity index (χ2n) is 6.30. The van der Waals surface area contributed by atoms with E-state index in [4.69, 9.17) is 9.98 Å². The molecule has 0 atom stereocenters.